The summed E-state index contributed by atoms with van der Waals surface area (Å²) in [6.45, 7) is 3.58. The molecule has 1 aliphatic carbocycles. The van der Waals surface area contributed by atoms with E-state index >= 15 is 0 Å². The molecule has 1 aromatic carbocycles. The standard InChI is InChI=1S/C22H33N3O6/c1-29-11-12-31-21-14-19(25(27)28)18(13-20(21)30-2)22(26)23-17-7-9-24(10-8-17)15-16-5-3-4-6-16/h13-14,16-17H,3-12,15H2,1-2H3,(H,23,26). The molecule has 0 aromatic heterocycles. The predicted molar refractivity (Wildman–Crippen MR) is 116 cm³/mol. The minimum Gasteiger partial charge on any atom is -0.493 e. The van der Waals surface area contributed by atoms with Crippen LogP contribution in [0.4, 0.5) is 5.69 Å². The maximum absolute atomic E-state index is 12.9. The summed E-state index contributed by atoms with van der Waals surface area (Å²) in [5.41, 5.74) is -0.321. The molecule has 0 unspecified atom stereocenters. The zero-order valence-corrected chi connectivity index (χ0v) is 18.4. The van der Waals surface area contributed by atoms with Gasteiger partial charge < -0.3 is 24.4 Å². The van der Waals surface area contributed by atoms with Gasteiger partial charge in [0.2, 0.25) is 0 Å². The van der Waals surface area contributed by atoms with Crippen LogP contribution in [0, 0.1) is 16.0 Å². The second-order valence-electron chi connectivity index (χ2n) is 8.32. The minimum atomic E-state index is -0.568. The number of amides is 1. The van der Waals surface area contributed by atoms with Gasteiger partial charge in [0.25, 0.3) is 11.6 Å². The topological polar surface area (TPSA) is 103 Å². The SMILES string of the molecule is COCCOc1cc([N+](=O)[O-])c(C(=O)NC2CCN(CC3CCCC3)CC2)cc1OC. The lowest BCUT2D eigenvalue weighted by Gasteiger charge is -2.33. The molecule has 2 fully saturated rings. The van der Waals surface area contributed by atoms with Crippen molar-refractivity contribution in [3.63, 3.8) is 0 Å². The molecular formula is C22H33N3O6. The molecule has 31 heavy (non-hydrogen) atoms. The number of nitrogens with one attached hydrogen (secondary N) is 1. The third-order valence-electron chi connectivity index (χ3n) is 6.18. The summed E-state index contributed by atoms with van der Waals surface area (Å²) in [6.07, 6.45) is 7.04. The van der Waals surface area contributed by atoms with Crippen LogP contribution in [0.25, 0.3) is 0 Å². The third-order valence-corrected chi connectivity index (χ3v) is 6.18. The maximum atomic E-state index is 12.9. The fourth-order valence-electron chi connectivity index (χ4n) is 4.47. The van der Waals surface area contributed by atoms with E-state index in [0.717, 1.165) is 38.4 Å². The van der Waals surface area contributed by atoms with Crippen LogP contribution in [0.15, 0.2) is 12.1 Å². The average molecular weight is 436 g/mol. The van der Waals surface area contributed by atoms with Crippen LogP contribution in [-0.2, 0) is 4.74 Å². The largest absolute Gasteiger partial charge is 0.493 e. The summed E-state index contributed by atoms with van der Waals surface area (Å²) in [7, 11) is 2.97. The van der Waals surface area contributed by atoms with Crippen molar-refractivity contribution in [1.29, 1.82) is 0 Å². The van der Waals surface area contributed by atoms with Gasteiger partial charge in [-0.05, 0) is 31.6 Å². The van der Waals surface area contributed by atoms with E-state index < -0.39 is 10.8 Å². The Labute approximate surface area is 183 Å². The molecule has 0 atom stereocenters. The molecule has 0 bridgehead atoms. The van der Waals surface area contributed by atoms with Gasteiger partial charge in [0.05, 0.1) is 24.7 Å². The lowest BCUT2D eigenvalue weighted by atomic mass is 10.0. The van der Waals surface area contributed by atoms with Crippen molar-refractivity contribution in [3.8, 4) is 11.5 Å². The van der Waals surface area contributed by atoms with Crippen LogP contribution >= 0.6 is 0 Å². The number of piperidine rings is 1. The molecule has 1 amide bonds. The Morgan fingerprint density at radius 3 is 2.45 bits per heavy atom. The number of rotatable bonds is 10. The highest BCUT2D eigenvalue weighted by Crippen LogP contribution is 2.35. The highest BCUT2D eigenvalue weighted by molar-refractivity contribution is 5.99. The molecule has 172 valence electrons. The Morgan fingerprint density at radius 2 is 1.84 bits per heavy atom. The van der Waals surface area contributed by atoms with Gasteiger partial charge >= 0.3 is 0 Å². The maximum Gasteiger partial charge on any atom is 0.286 e. The zero-order valence-electron chi connectivity index (χ0n) is 18.4. The molecule has 1 N–H and O–H groups in total. The number of nitro groups is 1. The van der Waals surface area contributed by atoms with Gasteiger partial charge in [0.15, 0.2) is 11.5 Å². The molecule has 1 aliphatic heterocycles. The number of carbonyl (C=O) groups is 1. The summed E-state index contributed by atoms with van der Waals surface area (Å²) >= 11 is 0. The molecular weight excluding hydrogens is 402 g/mol. The van der Waals surface area contributed by atoms with E-state index in [4.69, 9.17) is 14.2 Å². The summed E-state index contributed by atoms with van der Waals surface area (Å²) < 4.78 is 15.8. The molecule has 0 spiro atoms. The fourth-order valence-corrected chi connectivity index (χ4v) is 4.47. The number of methoxy groups -OCH3 is 2. The Morgan fingerprint density at radius 1 is 1.13 bits per heavy atom. The number of benzene rings is 1. The predicted octanol–water partition coefficient (Wildman–Crippen LogP) is 3.01. The molecule has 3 rings (SSSR count). The van der Waals surface area contributed by atoms with Crippen LogP contribution in [0.3, 0.4) is 0 Å². The van der Waals surface area contributed by atoms with Crippen molar-refractivity contribution in [2.24, 2.45) is 5.92 Å². The second-order valence-corrected chi connectivity index (χ2v) is 8.32. The number of likely N-dealkylation sites (tertiary alicyclic amines) is 1. The molecule has 2 aliphatic rings. The normalized spacial score (nSPS) is 18.1. The summed E-state index contributed by atoms with van der Waals surface area (Å²) in [5.74, 6) is 0.842. The Bertz CT molecular complexity index is 758. The summed E-state index contributed by atoms with van der Waals surface area (Å²) in [4.78, 5) is 26.4. The lowest BCUT2D eigenvalue weighted by molar-refractivity contribution is -0.385. The second kappa shape index (κ2) is 11.3. The first-order valence-electron chi connectivity index (χ1n) is 11.0. The third kappa shape index (κ3) is 6.30. The highest BCUT2D eigenvalue weighted by Gasteiger charge is 2.28. The number of nitro benzene ring substituents is 1. The zero-order chi connectivity index (χ0) is 22.2. The van der Waals surface area contributed by atoms with Crippen molar-refractivity contribution in [3.05, 3.63) is 27.8 Å². The fraction of sp³-hybridized carbons (Fsp3) is 0.682. The number of hydrogen-bond acceptors (Lipinski definition) is 7. The van der Waals surface area contributed by atoms with Crippen LogP contribution in [-0.4, -0.2) is 68.8 Å². The van der Waals surface area contributed by atoms with Crippen molar-refractivity contribution in [2.75, 3.05) is 47.1 Å². The molecule has 1 saturated carbocycles. The van der Waals surface area contributed by atoms with E-state index in [-0.39, 0.29) is 35.4 Å². The smallest absolute Gasteiger partial charge is 0.286 e. The highest BCUT2D eigenvalue weighted by atomic mass is 16.6. The van der Waals surface area contributed by atoms with E-state index in [0.29, 0.717) is 6.61 Å². The van der Waals surface area contributed by atoms with Crippen LogP contribution < -0.4 is 14.8 Å². The van der Waals surface area contributed by atoms with Gasteiger partial charge in [-0.25, -0.2) is 0 Å². The van der Waals surface area contributed by atoms with Crippen molar-refractivity contribution >= 4 is 11.6 Å². The summed E-state index contributed by atoms with van der Waals surface area (Å²) in [6, 6.07) is 2.63. The number of hydrogen-bond donors (Lipinski definition) is 1. The van der Waals surface area contributed by atoms with E-state index in [1.807, 2.05) is 0 Å². The van der Waals surface area contributed by atoms with Gasteiger partial charge in [-0.15, -0.1) is 0 Å². The Hall–Kier alpha value is -2.39. The quantitative estimate of drug-likeness (QED) is 0.342. The lowest BCUT2D eigenvalue weighted by Crippen LogP contribution is -2.45. The van der Waals surface area contributed by atoms with Gasteiger partial charge in [-0.1, -0.05) is 12.8 Å². The van der Waals surface area contributed by atoms with Gasteiger partial charge in [0.1, 0.15) is 12.2 Å². The molecule has 9 nitrogen and oxygen atoms in total. The number of carbonyl (C=O) groups excluding carboxylic acids is 1. The molecule has 1 saturated heterocycles. The number of ether oxygens (including phenoxy) is 3. The minimum absolute atomic E-state index is 0.00977. The Balaban J connectivity index is 1.63. The monoisotopic (exact) mass is 435 g/mol. The van der Waals surface area contributed by atoms with E-state index in [1.165, 1.54) is 52.0 Å². The van der Waals surface area contributed by atoms with Gasteiger partial charge in [-0.3, -0.25) is 14.9 Å². The average Bonchev–Trinajstić information content (AvgIpc) is 3.28. The van der Waals surface area contributed by atoms with Crippen molar-refractivity contribution in [1.82, 2.24) is 10.2 Å². The Kier molecular flexibility index (Phi) is 8.48. The molecule has 9 heteroatoms. The van der Waals surface area contributed by atoms with E-state index in [9.17, 15) is 14.9 Å². The van der Waals surface area contributed by atoms with Crippen LogP contribution in [0.5, 0.6) is 11.5 Å². The number of nitrogens with zero attached hydrogens (tertiary/aromatic N) is 2. The van der Waals surface area contributed by atoms with E-state index in [2.05, 4.69) is 10.2 Å². The van der Waals surface area contributed by atoms with Crippen molar-refractivity contribution < 1.29 is 23.9 Å². The molecule has 1 heterocycles. The van der Waals surface area contributed by atoms with Gasteiger partial charge in [-0.2, -0.15) is 0 Å². The molecule has 1 aromatic rings. The van der Waals surface area contributed by atoms with Crippen LogP contribution in [0.2, 0.25) is 0 Å². The summed E-state index contributed by atoms with van der Waals surface area (Å²) in [5, 5.41) is 14.6. The van der Waals surface area contributed by atoms with Crippen LogP contribution in [0.1, 0.15) is 48.9 Å². The van der Waals surface area contributed by atoms with E-state index in [1.54, 1.807) is 0 Å². The first-order valence-corrected chi connectivity index (χ1v) is 11.0. The first kappa shape index (κ1) is 23.3. The van der Waals surface area contributed by atoms with Gasteiger partial charge in [0, 0.05) is 38.9 Å². The first-order chi connectivity index (χ1) is 15.0. The molecule has 0 radical (unpaired) electrons. The van der Waals surface area contributed by atoms with Crippen molar-refractivity contribution in [2.45, 2.75) is 44.6 Å².